The highest BCUT2D eigenvalue weighted by molar-refractivity contribution is 5.94. The zero-order chi connectivity index (χ0) is 16.8. The molecule has 0 saturated heterocycles. The number of rotatable bonds is 2. The van der Waals surface area contributed by atoms with E-state index in [1.165, 1.54) is 11.5 Å². The van der Waals surface area contributed by atoms with Crippen molar-refractivity contribution in [2.24, 2.45) is 0 Å². The summed E-state index contributed by atoms with van der Waals surface area (Å²) < 4.78 is 12.2. The van der Waals surface area contributed by atoms with Gasteiger partial charge in [0.2, 0.25) is 0 Å². The Morgan fingerprint density at radius 3 is 2.38 bits per heavy atom. The van der Waals surface area contributed by atoms with Gasteiger partial charge in [-0.25, -0.2) is 14.4 Å². The second kappa shape index (κ2) is 5.19. The molecule has 0 radical (unpaired) electrons. The van der Waals surface area contributed by atoms with Gasteiger partial charge in [0.1, 0.15) is 5.82 Å². The summed E-state index contributed by atoms with van der Waals surface area (Å²) in [7, 11) is 3.09. The van der Waals surface area contributed by atoms with E-state index in [0.29, 0.717) is 33.9 Å². The van der Waals surface area contributed by atoms with E-state index in [4.69, 9.17) is 14.5 Å². The summed E-state index contributed by atoms with van der Waals surface area (Å²) in [5.74, 6) is 1.63. The van der Waals surface area contributed by atoms with E-state index in [-0.39, 0.29) is 5.56 Å². The number of hydrogen-bond donors (Lipinski definition) is 0. The summed E-state index contributed by atoms with van der Waals surface area (Å²) in [4.78, 5) is 22.2. The lowest BCUT2D eigenvalue weighted by Gasteiger charge is -2.12. The third kappa shape index (κ3) is 1.93. The van der Waals surface area contributed by atoms with Crippen molar-refractivity contribution in [2.45, 2.75) is 6.92 Å². The van der Waals surface area contributed by atoms with Gasteiger partial charge < -0.3 is 9.47 Å². The van der Waals surface area contributed by atoms with Gasteiger partial charge in [0.15, 0.2) is 17.1 Å². The number of fused-ring (bicyclic) bond motifs is 4. The molecule has 4 aromatic rings. The zero-order valence-corrected chi connectivity index (χ0v) is 13.5. The molecule has 2 heterocycles. The van der Waals surface area contributed by atoms with E-state index < -0.39 is 0 Å². The van der Waals surface area contributed by atoms with Crippen molar-refractivity contribution in [2.75, 3.05) is 14.2 Å². The van der Waals surface area contributed by atoms with Crippen molar-refractivity contribution in [3.05, 3.63) is 52.6 Å². The molecule has 2 aromatic heterocycles. The number of aromatic nitrogens is 3. The molecule has 0 spiro atoms. The molecule has 0 aliphatic carbocycles. The number of benzene rings is 2. The zero-order valence-electron chi connectivity index (χ0n) is 13.5. The Morgan fingerprint density at radius 2 is 1.62 bits per heavy atom. The van der Waals surface area contributed by atoms with Crippen LogP contribution in [-0.4, -0.2) is 28.6 Å². The van der Waals surface area contributed by atoms with Crippen molar-refractivity contribution in [3.8, 4) is 11.5 Å². The topological polar surface area (TPSA) is 65.7 Å². The fourth-order valence-corrected chi connectivity index (χ4v) is 2.98. The molecule has 120 valence electrons. The molecule has 0 unspecified atom stereocenters. The highest BCUT2D eigenvalue weighted by Crippen LogP contribution is 2.30. The molecular formula is C18H15N3O3. The molecule has 6 heteroatoms. The minimum absolute atomic E-state index is 0.174. The van der Waals surface area contributed by atoms with Gasteiger partial charge in [-0.15, -0.1) is 0 Å². The first-order valence-corrected chi connectivity index (χ1v) is 7.48. The normalized spacial score (nSPS) is 11.3. The Labute approximate surface area is 137 Å². The predicted octanol–water partition coefficient (Wildman–Crippen LogP) is 2.72. The summed E-state index contributed by atoms with van der Waals surface area (Å²) in [6, 6.07) is 11.0. The van der Waals surface area contributed by atoms with E-state index in [1.54, 1.807) is 26.2 Å². The van der Waals surface area contributed by atoms with Gasteiger partial charge in [-0.05, 0) is 25.1 Å². The SMILES string of the molecule is COc1cc2nc3c4ccccc4nc(C)n3c(=O)c2cc1OC. The van der Waals surface area contributed by atoms with Crippen molar-refractivity contribution < 1.29 is 9.47 Å². The molecule has 0 amide bonds. The molecule has 2 aromatic carbocycles. The first kappa shape index (κ1) is 14.4. The number of aryl methyl sites for hydroxylation is 1. The van der Waals surface area contributed by atoms with Gasteiger partial charge >= 0.3 is 0 Å². The number of hydrogen-bond acceptors (Lipinski definition) is 5. The number of methoxy groups -OCH3 is 2. The van der Waals surface area contributed by atoms with Crippen molar-refractivity contribution in [1.82, 2.24) is 14.4 Å². The highest BCUT2D eigenvalue weighted by Gasteiger charge is 2.15. The molecule has 0 aliphatic rings. The molecule has 6 nitrogen and oxygen atoms in total. The molecule has 0 saturated carbocycles. The summed E-state index contributed by atoms with van der Waals surface area (Å²) in [6.45, 7) is 1.80. The maximum absolute atomic E-state index is 13.0. The second-order valence-electron chi connectivity index (χ2n) is 5.48. The minimum atomic E-state index is -0.174. The molecule has 24 heavy (non-hydrogen) atoms. The van der Waals surface area contributed by atoms with Crippen LogP contribution in [0, 0.1) is 6.92 Å². The van der Waals surface area contributed by atoms with Crippen LogP contribution in [0.5, 0.6) is 11.5 Å². The predicted molar refractivity (Wildman–Crippen MR) is 92.1 cm³/mol. The maximum atomic E-state index is 13.0. The van der Waals surface area contributed by atoms with Crippen LogP contribution < -0.4 is 15.0 Å². The largest absolute Gasteiger partial charge is 0.493 e. The van der Waals surface area contributed by atoms with Crippen LogP contribution in [-0.2, 0) is 0 Å². The van der Waals surface area contributed by atoms with Crippen LogP contribution in [0.1, 0.15) is 5.82 Å². The van der Waals surface area contributed by atoms with E-state index in [1.807, 2.05) is 24.3 Å². The second-order valence-corrected chi connectivity index (χ2v) is 5.48. The third-order valence-corrected chi connectivity index (χ3v) is 4.12. The Kier molecular flexibility index (Phi) is 3.13. The van der Waals surface area contributed by atoms with E-state index in [9.17, 15) is 4.79 Å². The summed E-state index contributed by atoms with van der Waals surface area (Å²) in [5.41, 5.74) is 1.78. The average molecular weight is 321 g/mol. The summed E-state index contributed by atoms with van der Waals surface area (Å²) in [5, 5.41) is 1.29. The van der Waals surface area contributed by atoms with Crippen LogP contribution in [0.15, 0.2) is 41.2 Å². The average Bonchev–Trinajstić information content (AvgIpc) is 2.60. The molecule has 0 bridgehead atoms. The first-order valence-electron chi connectivity index (χ1n) is 7.48. The summed E-state index contributed by atoms with van der Waals surface area (Å²) in [6.07, 6.45) is 0. The molecule has 0 fully saturated rings. The first-order chi connectivity index (χ1) is 11.6. The van der Waals surface area contributed by atoms with Gasteiger partial charge in [-0.1, -0.05) is 12.1 Å². The smallest absolute Gasteiger partial charge is 0.267 e. The Hall–Kier alpha value is -3.15. The lowest BCUT2D eigenvalue weighted by atomic mass is 10.2. The van der Waals surface area contributed by atoms with Crippen LogP contribution in [0.3, 0.4) is 0 Å². The van der Waals surface area contributed by atoms with Gasteiger partial charge in [0.25, 0.3) is 5.56 Å². The lowest BCUT2D eigenvalue weighted by molar-refractivity contribution is 0.355. The van der Waals surface area contributed by atoms with E-state index >= 15 is 0 Å². The lowest BCUT2D eigenvalue weighted by Crippen LogP contribution is -2.19. The molecule has 0 N–H and O–H groups in total. The monoisotopic (exact) mass is 321 g/mol. The molecule has 4 rings (SSSR count). The van der Waals surface area contributed by atoms with Crippen LogP contribution in [0.4, 0.5) is 0 Å². The van der Waals surface area contributed by atoms with Crippen molar-refractivity contribution in [1.29, 1.82) is 0 Å². The quantitative estimate of drug-likeness (QED) is 0.419. The van der Waals surface area contributed by atoms with Gasteiger partial charge in [-0.3, -0.25) is 4.79 Å². The molecule has 0 aliphatic heterocycles. The fourth-order valence-electron chi connectivity index (χ4n) is 2.98. The van der Waals surface area contributed by atoms with E-state index in [2.05, 4.69) is 4.98 Å². The van der Waals surface area contributed by atoms with Crippen LogP contribution in [0.25, 0.3) is 27.5 Å². The van der Waals surface area contributed by atoms with Crippen LogP contribution >= 0.6 is 0 Å². The molecule has 0 atom stereocenters. The number of para-hydroxylation sites is 1. The Morgan fingerprint density at radius 1 is 0.917 bits per heavy atom. The van der Waals surface area contributed by atoms with Crippen molar-refractivity contribution >= 4 is 27.5 Å². The Balaban J connectivity index is 2.26. The summed E-state index contributed by atoms with van der Waals surface area (Å²) >= 11 is 0. The fraction of sp³-hybridized carbons (Fsp3) is 0.167. The van der Waals surface area contributed by atoms with E-state index in [0.717, 1.165) is 10.9 Å². The standard InChI is InChI=1S/C18H15N3O3/c1-10-19-13-7-5-4-6-11(13)17-20-14-9-16(24-3)15(23-2)8-12(14)18(22)21(10)17/h4-9H,1-3H3. The van der Waals surface area contributed by atoms with Crippen molar-refractivity contribution in [3.63, 3.8) is 0 Å². The molecular weight excluding hydrogens is 306 g/mol. The highest BCUT2D eigenvalue weighted by atomic mass is 16.5. The van der Waals surface area contributed by atoms with Gasteiger partial charge in [0.05, 0.1) is 30.6 Å². The Bertz CT molecular complexity index is 1170. The number of ether oxygens (including phenoxy) is 2. The van der Waals surface area contributed by atoms with Crippen LogP contribution in [0.2, 0.25) is 0 Å². The van der Waals surface area contributed by atoms with Gasteiger partial charge in [0, 0.05) is 11.5 Å². The number of nitrogens with zero attached hydrogens (tertiary/aromatic N) is 3. The third-order valence-electron chi connectivity index (χ3n) is 4.12. The van der Waals surface area contributed by atoms with Gasteiger partial charge in [-0.2, -0.15) is 0 Å². The maximum Gasteiger partial charge on any atom is 0.267 e. The minimum Gasteiger partial charge on any atom is -0.493 e.